The summed E-state index contributed by atoms with van der Waals surface area (Å²) in [6, 6.07) is 26.6. The lowest BCUT2D eigenvalue weighted by molar-refractivity contribution is -0.120. The van der Waals surface area contributed by atoms with E-state index < -0.39 is 0 Å². The lowest BCUT2D eigenvalue weighted by Gasteiger charge is -2.11. The average molecular weight is 347 g/mol. The molecule has 0 bridgehead atoms. The zero-order valence-electron chi connectivity index (χ0n) is 14.4. The number of amides is 1. The molecule has 3 rings (SSSR count). The molecule has 4 heteroatoms. The van der Waals surface area contributed by atoms with Gasteiger partial charge in [-0.15, -0.1) is 0 Å². The minimum absolute atomic E-state index is 0.0641. The molecule has 0 saturated carbocycles. The highest BCUT2D eigenvalue weighted by Gasteiger charge is 2.09. The number of para-hydroxylation sites is 3. The number of carbonyl (C=O) groups excluding carboxylic acids is 1. The lowest BCUT2D eigenvalue weighted by atomic mass is 10.1. The van der Waals surface area contributed by atoms with Crippen molar-refractivity contribution in [3.63, 3.8) is 0 Å². The van der Waals surface area contributed by atoms with E-state index in [1.165, 1.54) is 0 Å². The second-order valence-corrected chi connectivity index (χ2v) is 5.71. The molecule has 0 aliphatic rings. The maximum Gasteiger partial charge on any atom is 0.224 e. The number of nitrogens with one attached hydrogen (secondary N) is 1. The zero-order chi connectivity index (χ0) is 18.0. The minimum Gasteiger partial charge on any atom is -0.492 e. The molecule has 0 spiro atoms. The van der Waals surface area contributed by atoms with E-state index >= 15 is 0 Å². The van der Waals surface area contributed by atoms with Crippen LogP contribution in [-0.2, 0) is 11.2 Å². The molecule has 26 heavy (non-hydrogen) atoms. The maximum absolute atomic E-state index is 12.2. The van der Waals surface area contributed by atoms with Gasteiger partial charge >= 0.3 is 0 Å². The van der Waals surface area contributed by atoms with E-state index in [1.807, 2.05) is 84.9 Å². The topological polar surface area (TPSA) is 47.6 Å². The fourth-order valence-corrected chi connectivity index (χ4v) is 2.48. The van der Waals surface area contributed by atoms with E-state index in [4.69, 9.17) is 9.47 Å². The SMILES string of the molecule is O=C(Cc1ccccc1Oc1ccccc1)NCCOc1ccccc1. The highest BCUT2D eigenvalue weighted by atomic mass is 16.5. The van der Waals surface area contributed by atoms with Gasteiger partial charge in [0.25, 0.3) is 0 Å². The van der Waals surface area contributed by atoms with Gasteiger partial charge in [-0.1, -0.05) is 54.6 Å². The van der Waals surface area contributed by atoms with Crippen molar-refractivity contribution in [3.05, 3.63) is 90.5 Å². The number of benzene rings is 3. The molecule has 3 aromatic carbocycles. The highest BCUT2D eigenvalue weighted by Crippen LogP contribution is 2.25. The first-order valence-corrected chi connectivity index (χ1v) is 8.56. The van der Waals surface area contributed by atoms with E-state index in [2.05, 4.69) is 5.32 Å². The van der Waals surface area contributed by atoms with Crippen molar-refractivity contribution in [1.29, 1.82) is 0 Å². The van der Waals surface area contributed by atoms with Gasteiger partial charge in [-0.3, -0.25) is 4.79 Å². The van der Waals surface area contributed by atoms with Crippen LogP contribution in [0.2, 0.25) is 0 Å². The van der Waals surface area contributed by atoms with Gasteiger partial charge in [0.15, 0.2) is 0 Å². The first kappa shape index (κ1) is 17.5. The first-order chi connectivity index (χ1) is 12.8. The van der Waals surface area contributed by atoms with E-state index in [0.29, 0.717) is 18.9 Å². The molecule has 0 heterocycles. The van der Waals surface area contributed by atoms with Crippen molar-refractivity contribution in [2.45, 2.75) is 6.42 Å². The van der Waals surface area contributed by atoms with Gasteiger partial charge in [0.2, 0.25) is 5.91 Å². The third-order valence-corrected chi connectivity index (χ3v) is 3.73. The van der Waals surface area contributed by atoms with E-state index in [9.17, 15) is 4.79 Å². The van der Waals surface area contributed by atoms with Crippen molar-refractivity contribution >= 4 is 5.91 Å². The Hall–Kier alpha value is -3.27. The third kappa shape index (κ3) is 5.38. The second-order valence-electron chi connectivity index (χ2n) is 5.71. The van der Waals surface area contributed by atoms with Crippen molar-refractivity contribution in [2.75, 3.05) is 13.2 Å². The van der Waals surface area contributed by atoms with Gasteiger partial charge in [0.1, 0.15) is 23.9 Å². The Kier molecular flexibility index (Phi) is 6.26. The van der Waals surface area contributed by atoms with Crippen molar-refractivity contribution < 1.29 is 14.3 Å². The van der Waals surface area contributed by atoms with Crippen LogP contribution in [0.25, 0.3) is 0 Å². The van der Waals surface area contributed by atoms with Gasteiger partial charge in [-0.05, 0) is 30.3 Å². The number of hydrogen-bond donors (Lipinski definition) is 1. The Morgan fingerprint density at radius 3 is 2.12 bits per heavy atom. The lowest BCUT2D eigenvalue weighted by Crippen LogP contribution is -2.29. The average Bonchev–Trinajstić information content (AvgIpc) is 2.68. The Labute approximate surface area is 153 Å². The Morgan fingerprint density at radius 1 is 0.769 bits per heavy atom. The fraction of sp³-hybridized carbons (Fsp3) is 0.136. The normalized spacial score (nSPS) is 10.2. The third-order valence-electron chi connectivity index (χ3n) is 3.73. The molecular formula is C22H21NO3. The summed E-state index contributed by atoms with van der Waals surface area (Å²) in [5, 5.41) is 2.87. The molecular weight excluding hydrogens is 326 g/mol. The highest BCUT2D eigenvalue weighted by molar-refractivity contribution is 5.79. The van der Waals surface area contributed by atoms with Crippen LogP contribution < -0.4 is 14.8 Å². The molecule has 132 valence electrons. The standard InChI is InChI=1S/C22H21NO3/c24-22(23-15-16-25-19-10-3-1-4-11-19)17-18-9-7-8-14-21(18)26-20-12-5-2-6-13-20/h1-14H,15-17H2,(H,23,24). The van der Waals surface area contributed by atoms with Crippen LogP contribution in [0.5, 0.6) is 17.2 Å². The molecule has 0 aliphatic heterocycles. The van der Waals surface area contributed by atoms with Gasteiger partial charge < -0.3 is 14.8 Å². The molecule has 0 aliphatic carbocycles. The predicted molar refractivity (Wildman–Crippen MR) is 102 cm³/mol. The zero-order valence-corrected chi connectivity index (χ0v) is 14.4. The second kappa shape index (κ2) is 9.28. The summed E-state index contributed by atoms with van der Waals surface area (Å²) in [5.41, 5.74) is 0.845. The summed E-state index contributed by atoms with van der Waals surface area (Å²) in [6.07, 6.45) is 0.258. The van der Waals surface area contributed by atoms with Gasteiger partial charge in [0, 0.05) is 5.56 Å². The van der Waals surface area contributed by atoms with Crippen molar-refractivity contribution in [3.8, 4) is 17.2 Å². The Balaban J connectivity index is 1.49. The van der Waals surface area contributed by atoms with Gasteiger partial charge in [-0.2, -0.15) is 0 Å². The summed E-state index contributed by atoms with van der Waals surface area (Å²) in [7, 11) is 0. The number of hydrogen-bond acceptors (Lipinski definition) is 3. The molecule has 0 saturated heterocycles. The molecule has 1 amide bonds. The van der Waals surface area contributed by atoms with Crippen LogP contribution in [0, 0.1) is 0 Å². The molecule has 0 unspecified atom stereocenters. The van der Waals surface area contributed by atoms with Crippen LogP contribution in [0.15, 0.2) is 84.9 Å². The van der Waals surface area contributed by atoms with E-state index in [0.717, 1.165) is 17.1 Å². The largest absolute Gasteiger partial charge is 0.492 e. The van der Waals surface area contributed by atoms with Gasteiger partial charge in [-0.25, -0.2) is 0 Å². The minimum atomic E-state index is -0.0641. The van der Waals surface area contributed by atoms with Crippen molar-refractivity contribution in [1.82, 2.24) is 5.32 Å². The smallest absolute Gasteiger partial charge is 0.224 e. The number of rotatable bonds is 8. The first-order valence-electron chi connectivity index (χ1n) is 8.56. The van der Waals surface area contributed by atoms with E-state index in [1.54, 1.807) is 0 Å². The molecule has 0 fully saturated rings. The summed E-state index contributed by atoms with van der Waals surface area (Å²) in [5.74, 6) is 2.17. The summed E-state index contributed by atoms with van der Waals surface area (Å²) >= 11 is 0. The van der Waals surface area contributed by atoms with Crippen LogP contribution in [0.1, 0.15) is 5.56 Å². The van der Waals surface area contributed by atoms with Gasteiger partial charge in [0.05, 0.1) is 13.0 Å². The summed E-state index contributed by atoms with van der Waals surface area (Å²) in [6.45, 7) is 0.882. The predicted octanol–water partition coefficient (Wildman–Crippen LogP) is 4.22. The summed E-state index contributed by atoms with van der Waals surface area (Å²) < 4.78 is 11.5. The van der Waals surface area contributed by atoms with Crippen LogP contribution >= 0.6 is 0 Å². The van der Waals surface area contributed by atoms with Crippen molar-refractivity contribution in [2.24, 2.45) is 0 Å². The molecule has 4 nitrogen and oxygen atoms in total. The molecule has 0 aromatic heterocycles. The quantitative estimate of drug-likeness (QED) is 0.621. The molecule has 0 radical (unpaired) electrons. The summed E-state index contributed by atoms with van der Waals surface area (Å²) in [4.78, 5) is 12.2. The van der Waals surface area contributed by atoms with Crippen LogP contribution in [-0.4, -0.2) is 19.1 Å². The van der Waals surface area contributed by atoms with E-state index in [-0.39, 0.29) is 12.3 Å². The Morgan fingerprint density at radius 2 is 1.38 bits per heavy atom. The van der Waals surface area contributed by atoms with Crippen LogP contribution in [0.3, 0.4) is 0 Å². The number of carbonyl (C=O) groups is 1. The Bertz CT molecular complexity index is 819. The maximum atomic E-state index is 12.2. The molecule has 1 N–H and O–H groups in total. The molecule has 3 aromatic rings. The molecule has 0 atom stereocenters. The number of ether oxygens (including phenoxy) is 2. The monoisotopic (exact) mass is 347 g/mol. The fourth-order valence-electron chi connectivity index (χ4n) is 2.48. The van der Waals surface area contributed by atoms with Crippen LogP contribution in [0.4, 0.5) is 0 Å².